The zero-order valence-electron chi connectivity index (χ0n) is 21.7. The molecule has 0 bridgehead atoms. The van der Waals surface area contributed by atoms with Gasteiger partial charge in [-0.05, 0) is 78.6 Å². The van der Waals surface area contributed by atoms with Crippen LogP contribution in [0, 0.1) is 6.92 Å². The van der Waals surface area contributed by atoms with Crippen molar-refractivity contribution in [1.29, 1.82) is 0 Å². The highest BCUT2D eigenvalue weighted by molar-refractivity contribution is 6.10. The van der Waals surface area contributed by atoms with Crippen molar-refractivity contribution < 1.29 is 4.79 Å². The summed E-state index contributed by atoms with van der Waals surface area (Å²) in [5.41, 5.74) is 9.71. The summed E-state index contributed by atoms with van der Waals surface area (Å²) in [7, 11) is 0. The number of nitrogens with one attached hydrogen (secondary N) is 2. The van der Waals surface area contributed by atoms with E-state index in [0.29, 0.717) is 12.5 Å². The molecule has 1 amide bonds. The van der Waals surface area contributed by atoms with Gasteiger partial charge in [0.15, 0.2) is 0 Å². The molecule has 3 heterocycles. The maximum absolute atomic E-state index is 13.4. The van der Waals surface area contributed by atoms with Crippen LogP contribution < -0.4 is 15.5 Å². The van der Waals surface area contributed by atoms with Gasteiger partial charge in [-0.25, -0.2) is 0 Å². The van der Waals surface area contributed by atoms with Gasteiger partial charge in [-0.3, -0.25) is 14.8 Å². The first-order chi connectivity index (χ1) is 18.5. The van der Waals surface area contributed by atoms with Gasteiger partial charge >= 0.3 is 0 Å². The minimum Gasteiger partial charge on any atom is -0.355 e. The fourth-order valence-corrected chi connectivity index (χ4v) is 5.15. The molecule has 6 nitrogen and oxygen atoms in total. The molecule has 1 aliphatic heterocycles. The molecule has 0 radical (unpaired) electrons. The van der Waals surface area contributed by atoms with Crippen molar-refractivity contribution in [2.45, 2.75) is 33.2 Å². The third-order valence-corrected chi connectivity index (χ3v) is 7.03. The fourth-order valence-electron chi connectivity index (χ4n) is 5.15. The van der Waals surface area contributed by atoms with E-state index in [9.17, 15) is 4.79 Å². The monoisotopic (exact) mass is 499 g/mol. The van der Waals surface area contributed by atoms with E-state index >= 15 is 0 Å². The second kappa shape index (κ2) is 9.63. The molecule has 6 rings (SSSR count). The molecule has 0 atom stereocenters. The second-order valence-electron chi connectivity index (χ2n) is 9.97. The van der Waals surface area contributed by atoms with E-state index in [1.807, 2.05) is 65.6 Å². The number of para-hydroxylation sites is 1. The van der Waals surface area contributed by atoms with Crippen LogP contribution in [0.3, 0.4) is 0 Å². The van der Waals surface area contributed by atoms with Gasteiger partial charge < -0.3 is 15.5 Å². The van der Waals surface area contributed by atoms with E-state index in [1.54, 1.807) is 12.4 Å². The molecule has 0 unspecified atom stereocenters. The zero-order chi connectivity index (χ0) is 26.2. The molecule has 3 aromatic carbocycles. The van der Waals surface area contributed by atoms with Gasteiger partial charge in [0.05, 0.1) is 17.7 Å². The van der Waals surface area contributed by atoms with E-state index in [0.717, 1.165) is 61.7 Å². The molecule has 2 aromatic heterocycles. The van der Waals surface area contributed by atoms with E-state index in [1.165, 1.54) is 0 Å². The van der Waals surface area contributed by atoms with Gasteiger partial charge in [-0.15, -0.1) is 0 Å². The van der Waals surface area contributed by atoms with Crippen molar-refractivity contribution in [1.82, 2.24) is 9.97 Å². The highest BCUT2D eigenvalue weighted by Crippen LogP contribution is 2.36. The quantitative estimate of drug-likeness (QED) is 0.250. The number of aromatic nitrogens is 2. The molecule has 0 aliphatic carbocycles. The normalized spacial score (nSPS) is 12.7. The molecular formula is C32H29N5O. The lowest BCUT2D eigenvalue weighted by Crippen LogP contribution is -2.22. The number of hydrogen-bond acceptors (Lipinski definition) is 5. The molecule has 1 aliphatic rings. The first-order valence-corrected chi connectivity index (χ1v) is 12.9. The lowest BCUT2D eigenvalue weighted by molar-refractivity contribution is 0.0996. The topological polar surface area (TPSA) is 70.2 Å². The first-order valence-electron chi connectivity index (χ1n) is 12.9. The first kappa shape index (κ1) is 23.7. The third kappa shape index (κ3) is 4.34. The van der Waals surface area contributed by atoms with Crippen molar-refractivity contribution in [3.8, 4) is 0 Å². The number of carbonyl (C=O) groups excluding carboxylic acids is 1. The molecule has 188 valence electrons. The van der Waals surface area contributed by atoms with E-state index in [2.05, 4.69) is 54.6 Å². The van der Waals surface area contributed by atoms with Crippen LogP contribution in [0.25, 0.3) is 10.9 Å². The summed E-state index contributed by atoms with van der Waals surface area (Å²) in [4.78, 5) is 24.2. The highest BCUT2D eigenvalue weighted by Gasteiger charge is 2.29. The Morgan fingerprint density at radius 1 is 0.842 bits per heavy atom. The summed E-state index contributed by atoms with van der Waals surface area (Å²) in [5.74, 6) is 0.329. The van der Waals surface area contributed by atoms with Crippen LogP contribution in [0.15, 0.2) is 91.3 Å². The molecule has 0 saturated carbocycles. The highest BCUT2D eigenvalue weighted by atomic mass is 16.2. The Labute approximate surface area is 222 Å². The molecule has 2 N–H and O–H groups in total. The average Bonchev–Trinajstić information content (AvgIpc) is 3.26. The van der Waals surface area contributed by atoms with Crippen LogP contribution in [0.1, 0.15) is 46.9 Å². The summed E-state index contributed by atoms with van der Waals surface area (Å²) in [6, 6.07) is 26.0. The van der Waals surface area contributed by atoms with Crippen LogP contribution in [-0.2, 0) is 6.54 Å². The van der Waals surface area contributed by atoms with Gasteiger partial charge in [0.1, 0.15) is 0 Å². The van der Waals surface area contributed by atoms with Gasteiger partial charge in [0, 0.05) is 51.8 Å². The standard InChI is InChI=1S/C32H29N5O/c1-20(2)30-21(3)31(28-9-4-5-10-29(28)36-30)35-25-11-12-27-22(17-25)19-37(32(27)38)26-8-6-7-24(18-26)34-23-13-15-33-16-14-23/h4-18,20H,19H2,1-3H3,(H,33,34)(H,35,36). The average molecular weight is 500 g/mol. The third-order valence-electron chi connectivity index (χ3n) is 7.03. The minimum atomic E-state index is 0.0141. The van der Waals surface area contributed by atoms with Gasteiger partial charge in [0.2, 0.25) is 0 Å². The van der Waals surface area contributed by atoms with Gasteiger partial charge in [-0.2, -0.15) is 0 Å². The van der Waals surface area contributed by atoms with Crippen molar-refractivity contribution in [3.05, 3.63) is 114 Å². The number of nitrogens with zero attached hydrogens (tertiary/aromatic N) is 3. The second-order valence-corrected chi connectivity index (χ2v) is 9.97. The van der Waals surface area contributed by atoms with Crippen LogP contribution >= 0.6 is 0 Å². The van der Waals surface area contributed by atoms with Crippen molar-refractivity contribution in [2.75, 3.05) is 15.5 Å². The van der Waals surface area contributed by atoms with Gasteiger partial charge in [-0.1, -0.05) is 38.1 Å². The number of carbonyl (C=O) groups is 1. The predicted molar refractivity (Wildman–Crippen MR) is 155 cm³/mol. The lowest BCUT2D eigenvalue weighted by Gasteiger charge is -2.18. The Hall–Kier alpha value is -4.71. The van der Waals surface area contributed by atoms with E-state index in [-0.39, 0.29) is 5.91 Å². The van der Waals surface area contributed by atoms with Gasteiger partial charge in [0.25, 0.3) is 5.91 Å². The number of benzene rings is 3. The van der Waals surface area contributed by atoms with Crippen LogP contribution in [0.5, 0.6) is 0 Å². The SMILES string of the molecule is Cc1c(C(C)C)nc2ccccc2c1Nc1ccc2c(c1)CN(c1cccc(Nc3ccncc3)c1)C2=O. The van der Waals surface area contributed by atoms with E-state index in [4.69, 9.17) is 4.98 Å². The van der Waals surface area contributed by atoms with E-state index < -0.39 is 0 Å². The van der Waals surface area contributed by atoms with Crippen LogP contribution in [0.2, 0.25) is 0 Å². The molecule has 0 saturated heterocycles. The number of hydrogen-bond donors (Lipinski definition) is 2. The Morgan fingerprint density at radius 2 is 1.63 bits per heavy atom. The fraction of sp³-hybridized carbons (Fsp3) is 0.156. The minimum absolute atomic E-state index is 0.0141. The number of rotatable bonds is 6. The summed E-state index contributed by atoms with van der Waals surface area (Å²) in [6.07, 6.45) is 3.50. The number of amides is 1. The maximum Gasteiger partial charge on any atom is 0.258 e. The summed E-state index contributed by atoms with van der Waals surface area (Å²) in [6.45, 7) is 6.99. The Bertz CT molecular complexity index is 1660. The predicted octanol–water partition coefficient (Wildman–Crippen LogP) is 7.71. The molecule has 6 heteroatoms. The number of anilines is 5. The summed E-state index contributed by atoms with van der Waals surface area (Å²) < 4.78 is 0. The van der Waals surface area contributed by atoms with Crippen LogP contribution in [-0.4, -0.2) is 15.9 Å². The lowest BCUT2D eigenvalue weighted by atomic mass is 9.99. The smallest absolute Gasteiger partial charge is 0.258 e. The Balaban J connectivity index is 1.29. The maximum atomic E-state index is 13.4. The summed E-state index contributed by atoms with van der Waals surface area (Å²) in [5, 5.41) is 8.13. The molecular weight excluding hydrogens is 470 g/mol. The summed E-state index contributed by atoms with van der Waals surface area (Å²) >= 11 is 0. The molecule has 0 fully saturated rings. The van der Waals surface area contributed by atoms with Crippen LogP contribution in [0.4, 0.5) is 28.4 Å². The van der Waals surface area contributed by atoms with Crippen molar-refractivity contribution in [2.24, 2.45) is 0 Å². The number of fused-ring (bicyclic) bond motifs is 2. The Morgan fingerprint density at radius 3 is 2.45 bits per heavy atom. The molecule has 0 spiro atoms. The molecule has 38 heavy (non-hydrogen) atoms. The van der Waals surface area contributed by atoms with Crippen molar-refractivity contribution in [3.63, 3.8) is 0 Å². The zero-order valence-corrected chi connectivity index (χ0v) is 21.7. The molecule has 5 aromatic rings. The number of pyridine rings is 2. The Kier molecular flexibility index (Phi) is 6.00. The van der Waals surface area contributed by atoms with Crippen molar-refractivity contribution >= 4 is 45.2 Å². The largest absolute Gasteiger partial charge is 0.355 e.